The zero-order valence-corrected chi connectivity index (χ0v) is 18.3. The quantitative estimate of drug-likeness (QED) is 0.598. The normalized spacial score (nSPS) is 19.5. The van der Waals surface area contributed by atoms with E-state index in [1.807, 2.05) is 17.9 Å². The maximum Gasteiger partial charge on any atom is 0.397 e. The van der Waals surface area contributed by atoms with E-state index in [4.69, 9.17) is 9.47 Å². The Morgan fingerprint density at radius 1 is 1.28 bits per heavy atom. The van der Waals surface area contributed by atoms with Gasteiger partial charge in [-0.05, 0) is 18.9 Å². The molecule has 4 rings (SSSR count). The van der Waals surface area contributed by atoms with Crippen molar-refractivity contribution in [3.05, 3.63) is 10.9 Å². The van der Waals surface area contributed by atoms with Crippen molar-refractivity contribution >= 4 is 39.2 Å². The van der Waals surface area contributed by atoms with Crippen molar-refractivity contribution in [1.29, 1.82) is 0 Å². The summed E-state index contributed by atoms with van der Waals surface area (Å²) >= 11 is 1.52. The number of aryl methyl sites for hydroxylation is 1. The number of hydrogen-bond donors (Lipinski definition) is 0. The number of rotatable bonds is 6. The van der Waals surface area contributed by atoms with Gasteiger partial charge in [-0.2, -0.15) is 23.1 Å². The van der Waals surface area contributed by atoms with Gasteiger partial charge in [-0.15, -0.1) is 11.3 Å². The standard InChI is InChI=1S/C20H23F3N4O4S/c1-2-13-9-14-16(27-6-4-26(5-7-27)15(28)10-20(21,22)23)24-19(25-17(14)32-13)31-11-12-3-8-30-18(12)29/h9,12H,2-8,10-11H2,1H3/t12-/m0/s1. The van der Waals surface area contributed by atoms with Crippen LogP contribution in [0, 0.1) is 5.92 Å². The van der Waals surface area contributed by atoms with Crippen molar-refractivity contribution in [1.82, 2.24) is 14.9 Å². The predicted molar refractivity (Wildman–Crippen MR) is 111 cm³/mol. The molecule has 174 valence electrons. The largest absolute Gasteiger partial charge is 0.465 e. The molecule has 0 saturated carbocycles. The summed E-state index contributed by atoms with van der Waals surface area (Å²) in [5.41, 5.74) is 0. The molecule has 12 heteroatoms. The first kappa shape index (κ1) is 22.6. The van der Waals surface area contributed by atoms with Gasteiger partial charge < -0.3 is 19.3 Å². The highest BCUT2D eigenvalue weighted by molar-refractivity contribution is 7.18. The van der Waals surface area contributed by atoms with Crippen LogP contribution in [0.5, 0.6) is 6.01 Å². The molecular formula is C20H23F3N4O4S. The van der Waals surface area contributed by atoms with E-state index in [9.17, 15) is 22.8 Å². The van der Waals surface area contributed by atoms with Crippen molar-refractivity contribution in [3.8, 4) is 6.01 Å². The lowest BCUT2D eigenvalue weighted by molar-refractivity contribution is -0.161. The molecule has 0 bridgehead atoms. The number of esters is 1. The number of halogens is 3. The first-order valence-corrected chi connectivity index (χ1v) is 11.2. The van der Waals surface area contributed by atoms with Crippen LogP contribution in [0.25, 0.3) is 10.2 Å². The Hall–Kier alpha value is -2.63. The molecule has 2 saturated heterocycles. The van der Waals surface area contributed by atoms with Crippen LogP contribution in [0.1, 0.15) is 24.6 Å². The number of thiophene rings is 1. The SMILES string of the molecule is CCc1cc2c(N3CCN(C(=O)CC(F)(F)F)CC3)nc(OC[C@@H]3CCOC3=O)nc2s1. The number of fused-ring (bicyclic) bond motifs is 1. The van der Waals surface area contributed by atoms with Gasteiger partial charge in [0, 0.05) is 31.1 Å². The van der Waals surface area contributed by atoms with Crippen molar-refractivity contribution < 1.29 is 32.2 Å². The molecule has 0 aromatic carbocycles. The van der Waals surface area contributed by atoms with Crippen LogP contribution in [0.2, 0.25) is 0 Å². The van der Waals surface area contributed by atoms with Gasteiger partial charge >= 0.3 is 18.2 Å². The molecule has 2 aromatic rings. The molecule has 0 radical (unpaired) electrons. The molecular weight excluding hydrogens is 449 g/mol. The Balaban J connectivity index is 1.51. The number of piperazine rings is 1. The van der Waals surface area contributed by atoms with Crippen molar-refractivity contribution in [2.45, 2.75) is 32.4 Å². The lowest BCUT2D eigenvalue weighted by Crippen LogP contribution is -2.49. The van der Waals surface area contributed by atoms with Crippen LogP contribution in [0.3, 0.4) is 0 Å². The number of carbonyl (C=O) groups is 2. The number of anilines is 1. The minimum absolute atomic E-state index is 0.121. The first-order valence-electron chi connectivity index (χ1n) is 10.4. The van der Waals surface area contributed by atoms with Gasteiger partial charge in [0.1, 0.15) is 23.7 Å². The number of cyclic esters (lactones) is 1. The van der Waals surface area contributed by atoms with E-state index < -0.39 is 18.5 Å². The molecule has 0 unspecified atom stereocenters. The number of ether oxygens (including phenoxy) is 2. The maximum atomic E-state index is 12.5. The van der Waals surface area contributed by atoms with Crippen LogP contribution in [0.4, 0.5) is 19.0 Å². The number of carbonyl (C=O) groups excluding carboxylic acids is 2. The summed E-state index contributed by atoms with van der Waals surface area (Å²) in [4.78, 5) is 37.7. The molecule has 0 aliphatic carbocycles. The fourth-order valence-corrected chi connectivity index (χ4v) is 4.69. The van der Waals surface area contributed by atoms with Crippen LogP contribution in [-0.4, -0.2) is 72.3 Å². The number of aromatic nitrogens is 2. The Morgan fingerprint density at radius 3 is 2.66 bits per heavy atom. The third kappa shape index (κ3) is 5.05. The Bertz CT molecular complexity index is 1000. The van der Waals surface area contributed by atoms with E-state index in [-0.39, 0.29) is 37.6 Å². The smallest absolute Gasteiger partial charge is 0.397 e. The highest BCUT2D eigenvalue weighted by Gasteiger charge is 2.35. The van der Waals surface area contributed by atoms with E-state index in [1.165, 1.54) is 16.2 Å². The molecule has 2 aliphatic rings. The van der Waals surface area contributed by atoms with Crippen molar-refractivity contribution in [3.63, 3.8) is 0 Å². The summed E-state index contributed by atoms with van der Waals surface area (Å²) in [6.45, 7) is 3.58. The minimum Gasteiger partial charge on any atom is -0.465 e. The first-order chi connectivity index (χ1) is 15.2. The second kappa shape index (κ2) is 9.08. The summed E-state index contributed by atoms with van der Waals surface area (Å²) in [7, 11) is 0. The van der Waals surface area contributed by atoms with Crippen LogP contribution in [0.15, 0.2) is 6.07 Å². The molecule has 8 nitrogen and oxygen atoms in total. The molecule has 4 heterocycles. The highest BCUT2D eigenvalue weighted by Crippen LogP contribution is 2.34. The maximum absolute atomic E-state index is 12.5. The van der Waals surface area contributed by atoms with Gasteiger partial charge in [0.2, 0.25) is 5.91 Å². The second-order valence-corrected chi connectivity index (χ2v) is 8.85. The van der Waals surface area contributed by atoms with E-state index >= 15 is 0 Å². The van der Waals surface area contributed by atoms with E-state index in [0.29, 0.717) is 31.9 Å². The van der Waals surface area contributed by atoms with Crippen LogP contribution >= 0.6 is 11.3 Å². The lowest BCUT2D eigenvalue weighted by atomic mass is 10.1. The number of nitrogens with zero attached hydrogens (tertiary/aromatic N) is 4. The third-order valence-corrected chi connectivity index (χ3v) is 6.67. The zero-order chi connectivity index (χ0) is 22.9. The third-order valence-electron chi connectivity index (χ3n) is 5.49. The lowest BCUT2D eigenvalue weighted by Gasteiger charge is -2.35. The summed E-state index contributed by atoms with van der Waals surface area (Å²) in [6, 6.07) is 2.15. The van der Waals surface area contributed by atoms with Crippen LogP contribution in [-0.2, 0) is 20.7 Å². The van der Waals surface area contributed by atoms with Gasteiger partial charge in [0.05, 0.1) is 17.9 Å². The van der Waals surface area contributed by atoms with Crippen LogP contribution < -0.4 is 9.64 Å². The predicted octanol–water partition coefficient (Wildman–Crippen LogP) is 2.80. The summed E-state index contributed by atoms with van der Waals surface area (Å²) in [5.74, 6) is -0.940. The van der Waals surface area contributed by atoms with Gasteiger partial charge in [-0.25, -0.2) is 0 Å². The Morgan fingerprint density at radius 2 is 2.03 bits per heavy atom. The van der Waals surface area contributed by atoms with Crippen molar-refractivity contribution in [2.75, 3.05) is 44.3 Å². The van der Waals surface area contributed by atoms with E-state index in [1.54, 1.807) is 0 Å². The molecule has 2 aliphatic heterocycles. The zero-order valence-electron chi connectivity index (χ0n) is 17.5. The molecule has 0 spiro atoms. The fourth-order valence-electron chi connectivity index (χ4n) is 3.73. The van der Waals surface area contributed by atoms with Crippen molar-refractivity contribution in [2.24, 2.45) is 5.92 Å². The molecule has 2 aromatic heterocycles. The number of hydrogen-bond acceptors (Lipinski definition) is 8. The van der Waals surface area contributed by atoms with E-state index in [2.05, 4.69) is 9.97 Å². The van der Waals surface area contributed by atoms with Gasteiger partial charge in [-0.1, -0.05) is 6.92 Å². The monoisotopic (exact) mass is 472 g/mol. The summed E-state index contributed by atoms with van der Waals surface area (Å²) < 4.78 is 48.3. The molecule has 1 atom stereocenters. The Kier molecular flexibility index (Phi) is 6.40. The topological polar surface area (TPSA) is 84.9 Å². The average Bonchev–Trinajstić information content (AvgIpc) is 3.36. The molecule has 0 N–H and O–H groups in total. The van der Waals surface area contributed by atoms with E-state index in [0.717, 1.165) is 21.5 Å². The number of amides is 1. The minimum atomic E-state index is -4.52. The Labute approximate surface area is 186 Å². The molecule has 1 amide bonds. The number of alkyl halides is 3. The highest BCUT2D eigenvalue weighted by atomic mass is 32.1. The molecule has 32 heavy (non-hydrogen) atoms. The summed E-state index contributed by atoms with van der Waals surface area (Å²) in [6.07, 6.45) is -4.56. The fraction of sp³-hybridized carbons (Fsp3) is 0.600. The second-order valence-electron chi connectivity index (χ2n) is 7.74. The van der Waals surface area contributed by atoms with Gasteiger partial charge in [0.15, 0.2) is 0 Å². The van der Waals surface area contributed by atoms with Gasteiger partial charge in [-0.3, -0.25) is 9.59 Å². The summed E-state index contributed by atoms with van der Waals surface area (Å²) in [5, 5.41) is 0.842. The van der Waals surface area contributed by atoms with Gasteiger partial charge in [0.25, 0.3) is 0 Å². The average molecular weight is 472 g/mol. The molecule has 2 fully saturated rings.